The maximum absolute atomic E-state index is 11.6. The van der Waals surface area contributed by atoms with Crippen LogP contribution in [-0.2, 0) is 4.79 Å². The zero-order valence-electron chi connectivity index (χ0n) is 11.7. The lowest BCUT2D eigenvalue weighted by molar-refractivity contribution is -0.116. The summed E-state index contributed by atoms with van der Waals surface area (Å²) >= 11 is 0. The van der Waals surface area contributed by atoms with E-state index in [4.69, 9.17) is 10.4 Å². The summed E-state index contributed by atoms with van der Waals surface area (Å²) in [7, 11) is 0. The van der Waals surface area contributed by atoms with Crippen LogP contribution < -0.4 is 5.32 Å². The van der Waals surface area contributed by atoms with E-state index < -0.39 is 0 Å². The Balaban J connectivity index is 2.30. The minimum Gasteiger partial charge on any atom is -0.396 e. The van der Waals surface area contributed by atoms with Gasteiger partial charge in [0.05, 0.1) is 11.6 Å². The molecule has 0 radical (unpaired) electrons. The third kappa shape index (κ3) is 6.17. The molecular weight excluding hydrogens is 252 g/mol. The minimum atomic E-state index is -0.133. The molecule has 0 fully saturated rings. The second kappa shape index (κ2) is 8.89. The number of carbonyl (C=O) groups excluding carboxylic acids is 1. The smallest absolute Gasteiger partial charge is 0.243 e. The van der Waals surface area contributed by atoms with Crippen molar-refractivity contribution >= 4 is 12.0 Å². The standard InChI is InChI=1S/C16H20N2O2/c1-13(12-19)3-2-10-18-16(20)9-8-14-4-6-15(11-17)7-5-14/h4-9,13,19H,2-3,10,12H2,1H3,(H,18,20)/b9-8+. The molecule has 2 N–H and O–H groups in total. The van der Waals surface area contributed by atoms with Gasteiger partial charge in [0, 0.05) is 19.2 Å². The highest BCUT2D eigenvalue weighted by molar-refractivity contribution is 5.91. The zero-order chi connectivity index (χ0) is 14.8. The first-order valence-electron chi connectivity index (χ1n) is 6.72. The fourth-order valence-corrected chi connectivity index (χ4v) is 1.65. The molecule has 1 aromatic rings. The number of carbonyl (C=O) groups is 1. The Morgan fingerprint density at radius 3 is 2.75 bits per heavy atom. The van der Waals surface area contributed by atoms with Gasteiger partial charge in [-0.3, -0.25) is 4.79 Å². The van der Waals surface area contributed by atoms with Gasteiger partial charge in [0.15, 0.2) is 0 Å². The molecule has 106 valence electrons. The fraction of sp³-hybridized carbons (Fsp3) is 0.375. The first-order chi connectivity index (χ1) is 9.65. The quantitative estimate of drug-likeness (QED) is 0.589. The first-order valence-corrected chi connectivity index (χ1v) is 6.72. The topological polar surface area (TPSA) is 73.1 Å². The van der Waals surface area contributed by atoms with E-state index in [0.717, 1.165) is 18.4 Å². The van der Waals surface area contributed by atoms with Gasteiger partial charge in [-0.05, 0) is 42.5 Å². The molecule has 0 aromatic heterocycles. The molecule has 0 spiro atoms. The van der Waals surface area contributed by atoms with E-state index in [1.807, 2.05) is 13.0 Å². The van der Waals surface area contributed by atoms with E-state index in [1.165, 1.54) is 6.08 Å². The van der Waals surface area contributed by atoms with Gasteiger partial charge in [-0.1, -0.05) is 19.1 Å². The predicted octanol–water partition coefficient (Wildman–Crippen LogP) is 2.10. The Labute approximate surface area is 119 Å². The van der Waals surface area contributed by atoms with Gasteiger partial charge < -0.3 is 10.4 Å². The molecule has 1 atom stereocenters. The molecule has 0 aliphatic rings. The second-order valence-corrected chi connectivity index (χ2v) is 4.79. The van der Waals surface area contributed by atoms with Gasteiger partial charge in [0.1, 0.15) is 0 Å². The van der Waals surface area contributed by atoms with E-state index in [2.05, 4.69) is 5.32 Å². The number of nitrogens with zero attached hydrogens (tertiary/aromatic N) is 1. The number of nitriles is 1. The Bertz CT molecular complexity index is 486. The third-order valence-corrected chi connectivity index (χ3v) is 2.95. The highest BCUT2D eigenvalue weighted by atomic mass is 16.3. The van der Waals surface area contributed by atoms with Crippen LogP contribution in [0.1, 0.15) is 30.9 Å². The van der Waals surface area contributed by atoms with Gasteiger partial charge >= 0.3 is 0 Å². The van der Waals surface area contributed by atoms with Crippen molar-refractivity contribution < 1.29 is 9.90 Å². The third-order valence-electron chi connectivity index (χ3n) is 2.95. The highest BCUT2D eigenvalue weighted by Crippen LogP contribution is 2.05. The van der Waals surface area contributed by atoms with Crippen molar-refractivity contribution in [2.45, 2.75) is 19.8 Å². The number of benzene rings is 1. The van der Waals surface area contributed by atoms with Crippen molar-refractivity contribution in [3.05, 3.63) is 41.5 Å². The number of aliphatic hydroxyl groups is 1. The molecule has 0 heterocycles. The average molecular weight is 272 g/mol. The van der Waals surface area contributed by atoms with Crippen molar-refractivity contribution in [3.63, 3.8) is 0 Å². The summed E-state index contributed by atoms with van der Waals surface area (Å²) in [4.78, 5) is 11.6. The van der Waals surface area contributed by atoms with E-state index in [0.29, 0.717) is 12.1 Å². The monoisotopic (exact) mass is 272 g/mol. The molecule has 1 aromatic carbocycles. The summed E-state index contributed by atoms with van der Waals surface area (Å²) in [5, 5.41) is 20.3. The van der Waals surface area contributed by atoms with Crippen LogP contribution in [0, 0.1) is 17.2 Å². The number of aliphatic hydroxyl groups excluding tert-OH is 1. The Kier molecular flexibility index (Phi) is 7.08. The molecule has 1 amide bonds. The van der Waals surface area contributed by atoms with E-state index in [9.17, 15) is 4.79 Å². The van der Waals surface area contributed by atoms with Gasteiger partial charge in [0.25, 0.3) is 0 Å². The molecule has 1 unspecified atom stereocenters. The average Bonchev–Trinajstić information content (AvgIpc) is 2.49. The summed E-state index contributed by atoms with van der Waals surface area (Å²) in [6.45, 7) is 2.78. The molecule has 0 saturated carbocycles. The maximum atomic E-state index is 11.6. The lowest BCUT2D eigenvalue weighted by Gasteiger charge is -2.07. The highest BCUT2D eigenvalue weighted by Gasteiger charge is 2.00. The van der Waals surface area contributed by atoms with Crippen LogP contribution >= 0.6 is 0 Å². The van der Waals surface area contributed by atoms with Crippen molar-refractivity contribution in [2.24, 2.45) is 5.92 Å². The van der Waals surface area contributed by atoms with E-state index >= 15 is 0 Å². The molecule has 0 aliphatic heterocycles. The van der Waals surface area contributed by atoms with Crippen molar-refractivity contribution in [1.29, 1.82) is 5.26 Å². The van der Waals surface area contributed by atoms with Gasteiger partial charge in [0.2, 0.25) is 5.91 Å². The number of hydrogen-bond donors (Lipinski definition) is 2. The Morgan fingerprint density at radius 1 is 1.45 bits per heavy atom. The minimum absolute atomic E-state index is 0.133. The van der Waals surface area contributed by atoms with Crippen molar-refractivity contribution in [3.8, 4) is 6.07 Å². The summed E-state index contributed by atoms with van der Waals surface area (Å²) in [5.74, 6) is 0.145. The lowest BCUT2D eigenvalue weighted by atomic mass is 10.1. The van der Waals surface area contributed by atoms with E-state index in [-0.39, 0.29) is 18.4 Å². The summed E-state index contributed by atoms with van der Waals surface area (Å²) in [6.07, 6.45) is 4.96. The number of rotatable bonds is 7. The number of hydrogen-bond acceptors (Lipinski definition) is 3. The van der Waals surface area contributed by atoms with Crippen LogP contribution in [0.3, 0.4) is 0 Å². The first kappa shape index (κ1) is 15.9. The fourth-order valence-electron chi connectivity index (χ4n) is 1.65. The maximum Gasteiger partial charge on any atom is 0.243 e. The van der Waals surface area contributed by atoms with Crippen molar-refractivity contribution in [1.82, 2.24) is 5.32 Å². The van der Waals surface area contributed by atoms with Crippen LogP contribution in [0.4, 0.5) is 0 Å². The van der Waals surface area contributed by atoms with Crippen molar-refractivity contribution in [2.75, 3.05) is 13.2 Å². The molecular formula is C16H20N2O2. The molecule has 4 nitrogen and oxygen atoms in total. The molecule has 20 heavy (non-hydrogen) atoms. The van der Waals surface area contributed by atoms with Crippen LogP contribution in [0.15, 0.2) is 30.3 Å². The predicted molar refractivity (Wildman–Crippen MR) is 78.7 cm³/mol. The number of amides is 1. The summed E-state index contributed by atoms with van der Waals surface area (Å²) in [5.41, 5.74) is 1.48. The molecule has 0 aliphatic carbocycles. The van der Waals surface area contributed by atoms with Gasteiger partial charge in [-0.15, -0.1) is 0 Å². The molecule has 0 saturated heterocycles. The Hall–Kier alpha value is -2.12. The van der Waals surface area contributed by atoms with Crippen LogP contribution in [-0.4, -0.2) is 24.2 Å². The largest absolute Gasteiger partial charge is 0.396 e. The Morgan fingerprint density at radius 2 is 2.15 bits per heavy atom. The zero-order valence-corrected chi connectivity index (χ0v) is 11.7. The lowest BCUT2D eigenvalue weighted by Crippen LogP contribution is -2.22. The van der Waals surface area contributed by atoms with Gasteiger partial charge in [-0.25, -0.2) is 0 Å². The molecule has 1 rings (SSSR count). The summed E-state index contributed by atoms with van der Waals surface area (Å²) < 4.78 is 0. The van der Waals surface area contributed by atoms with Crippen LogP contribution in [0.2, 0.25) is 0 Å². The molecule has 4 heteroatoms. The number of nitrogens with one attached hydrogen (secondary N) is 1. The normalized spacial score (nSPS) is 12.1. The van der Waals surface area contributed by atoms with Crippen LogP contribution in [0.5, 0.6) is 0 Å². The summed E-state index contributed by atoms with van der Waals surface area (Å²) in [6, 6.07) is 9.07. The molecule has 0 bridgehead atoms. The van der Waals surface area contributed by atoms with E-state index in [1.54, 1.807) is 30.3 Å². The van der Waals surface area contributed by atoms with Gasteiger partial charge in [-0.2, -0.15) is 5.26 Å². The van der Waals surface area contributed by atoms with Crippen LogP contribution in [0.25, 0.3) is 6.08 Å². The second-order valence-electron chi connectivity index (χ2n) is 4.79. The SMILES string of the molecule is CC(CO)CCCNC(=O)/C=C/c1ccc(C#N)cc1.